The zero-order chi connectivity index (χ0) is 30.4. The van der Waals surface area contributed by atoms with Crippen LogP contribution in [0.1, 0.15) is 45.5 Å². The topological polar surface area (TPSA) is 70.1 Å². The van der Waals surface area contributed by atoms with Gasteiger partial charge in [0.05, 0.1) is 17.7 Å². The first kappa shape index (κ1) is 29.2. The van der Waals surface area contributed by atoms with Gasteiger partial charge in [-0.15, -0.1) is 0 Å². The van der Waals surface area contributed by atoms with E-state index in [1.807, 2.05) is 4.90 Å². The number of piperidine rings is 1. The number of halogens is 5. The maximum atomic E-state index is 14.6. The van der Waals surface area contributed by atoms with Gasteiger partial charge in [0, 0.05) is 43.7 Å². The van der Waals surface area contributed by atoms with Crippen LogP contribution in [0.4, 0.5) is 32.4 Å². The van der Waals surface area contributed by atoms with Crippen molar-refractivity contribution in [2.24, 2.45) is 0 Å². The van der Waals surface area contributed by atoms with E-state index in [9.17, 15) is 31.5 Å². The van der Waals surface area contributed by atoms with E-state index in [2.05, 4.69) is 6.58 Å². The summed E-state index contributed by atoms with van der Waals surface area (Å²) < 4.78 is 75.9. The van der Waals surface area contributed by atoms with E-state index in [-0.39, 0.29) is 35.3 Å². The fourth-order valence-corrected chi connectivity index (χ4v) is 5.67. The summed E-state index contributed by atoms with van der Waals surface area (Å²) in [7, 11) is 0. The van der Waals surface area contributed by atoms with Crippen LogP contribution in [-0.4, -0.2) is 47.3 Å². The number of hydrogen-bond donors (Lipinski definition) is 1. The normalized spacial score (nSPS) is 17.0. The average molecular weight is 587 g/mol. The van der Waals surface area contributed by atoms with Gasteiger partial charge in [-0.05, 0) is 65.6 Å². The van der Waals surface area contributed by atoms with Crippen molar-refractivity contribution < 1.29 is 41.4 Å². The van der Waals surface area contributed by atoms with Crippen LogP contribution in [0.3, 0.4) is 0 Å². The third-order valence-corrected chi connectivity index (χ3v) is 7.94. The quantitative estimate of drug-likeness (QED) is 0.307. The van der Waals surface area contributed by atoms with Crippen LogP contribution < -0.4 is 4.90 Å². The predicted octanol–water partition coefficient (Wildman–Crippen LogP) is 7.29. The second-order valence-corrected chi connectivity index (χ2v) is 10.6. The summed E-state index contributed by atoms with van der Waals surface area (Å²) >= 11 is 0. The SMILES string of the molecule is C=Cc1c(-c2cc(C)c(C(F)(F)F)cc2CN2CCC3(CC2)CN(c2ccc(C(=O)O)cc2)C(=O)O3)ccc(F)c1F. The highest BCUT2D eigenvalue weighted by atomic mass is 19.4. The molecule has 0 atom stereocenters. The Bertz CT molecular complexity index is 1560. The first-order valence-electron chi connectivity index (χ1n) is 13.2. The number of carboxylic acids is 1. The standard InChI is InChI=1S/C31H27F5N2O4/c1-3-22-23(8-9-26(32)27(22)33)24-14-18(2)25(31(34,35)36)15-20(24)16-37-12-10-30(11-13-37)17-38(29(41)42-30)21-6-4-19(5-7-21)28(39)40/h3-9,14-15H,1,10-13,16-17H2,2H3,(H,39,40). The number of aryl methyl sites for hydroxylation is 1. The van der Waals surface area contributed by atoms with Gasteiger partial charge in [0.1, 0.15) is 5.60 Å². The molecule has 0 saturated carbocycles. The van der Waals surface area contributed by atoms with Gasteiger partial charge in [0.2, 0.25) is 0 Å². The number of anilines is 1. The number of nitrogens with zero attached hydrogens (tertiary/aromatic N) is 2. The van der Waals surface area contributed by atoms with Crippen LogP contribution >= 0.6 is 0 Å². The monoisotopic (exact) mass is 586 g/mol. The van der Waals surface area contributed by atoms with Crippen molar-refractivity contribution in [3.8, 4) is 11.1 Å². The fourth-order valence-electron chi connectivity index (χ4n) is 5.67. The third kappa shape index (κ3) is 5.48. The highest BCUT2D eigenvalue weighted by Crippen LogP contribution is 2.40. The molecule has 0 unspecified atom stereocenters. The molecule has 2 saturated heterocycles. The van der Waals surface area contributed by atoms with Crippen LogP contribution in [0.5, 0.6) is 0 Å². The van der Waals surface area contributed by atoms with E-state index in [1.54, 1.807) is 0 Å². The van der Waals surface area contributed by atoms with Crippen molar-refractivity contribution in [2.75, 3.05) is 24.5 Å². The van der Waals surface area contributed by atoms with Gasteiger partial charge in [-0.2, -0.15) is 13.2 Å². The zero-order valence-corrected chi connectivity index (χ0v) is 22.6. The number of benzene rings is 3. The molecule has 3 aromatic rings. The lowest BCUT2D eigenvalue weighted by molar-refractivity contribution is -0.138. The molecule has 2 aliphatic rings. The molecule has 0 radical (unpaired) electrons. The van der Waals surface area contributed by atoms with Gasteiger partial charge < -0.3 is 9.84 Å². The number of aromatic carboxylic acids is 1. The van der Waals surface area contributed by atoms with Gasteiger partial charge in [0.15, 0.2) is 11.6 Å². The summed E-state index contributed by atoms with van der Waals surface area (Å²) in [6.45, 7) is 6.03. The van der Waals surface area contributed by atoms with Gasteiger partial charge in [-0.1, -0.05) is 24.8 Å². The lowest BCUT2D eigenvalue weighted by Gasteiger charge is -2.37. The van der Waals surface area contributed by atoms with E-state index in [4.69, 9.17) is 9.84 Å². The van der Waals surface area contributed by atoms with Crippen LogP contribution in [0.15, 0.2) is 55.1 Å². The van der Waals surface area contributed by atoms with Crippen molar-refractivity contribution in [3.05, 3.63) is 94.6 Å². The second kappa shape index (κ2) is 10.9. The summed E-state index contributed by atoms with van der Waals surface area (Å²) in [5, 5.41) is 9.12. The number of carbonyl (C=O) groups excluding carboxylic acids is 1. The summed E-state index contributed by atoms with van der Waals surface area (Å²) in [6, 6.07) is 10.5. The molecule has 42 heavy (non-hydrogen) atoms. The van der Waals surface area contributed by atoms with Crippen molar-refractivity contribution in [1.29, 1.82) is 0 Å². The number of amides is 1. The molecule has 6 nitrogen and oxygen atoms in total. The molecule has 5 rings (SSSR count). The van der Waals surface area contributed by atoms with Crippen LogP contribution in [-0.2, 0) is 17.5 Å². The fraction of sp³-hybridized carbons (Fsp3) is 0.290. The van der Waals surface area contributed by atoms with E-state index in [0.29, 0.717) is 42.7 Å². The smallest absolute Gasteiger partial charge is 0.416 e. The first-order chi connectivity index (χ1) is 19.8. The summed E-state index contributed by atoms with van der Waals surface area (Å²) in [4.78, 5) is 27.2. The Morgan fingerprint density at radius 3 is 2.33 bits per heavy atom. The van der Waals surface area contributed by atoms with Gasteiger partial charge in [-0.25, -0.2) is 18.4 Å². The lowest BCUT2D eigenvalue weighted by Crippen LogP contribution is -2.46. The molecule has 1 amide bonds. The number of carbonyl (C=O) groups is 2. The number of alkyl halides is 3. The van der Waals surface area contributed by atoms with Crippen molar-refractivity contribution >= 4 is 23.8 Å². The number of hydrogen-bond acceptors (Lipinski definition) is 4. The minimum atomic E-state index is -4.61. The summed E-state index contributed by atoms with van der Waals surface area (Å²) in [5.41, 5.74) is -0.345. The molecule has 3 aromatic carbocycles. The lowest BCUT2D eigenvalue weighted by atomic mass is 9.88. The van der Waals surface area contributed by atoms with Gasteiger partial charge >= 0.3 is 18.2 Å². The highest BCUT2D eigenvalue weighted by molar-refractivity contribution is 5.92. The Morgan fingerprint density at radius 1 is 1.07 bits per heavy atom. The maximum Gasteiger partial charge on any atom is 0.416 e. The van der Waals surface area contributed by atoms with E-state index in [0.717, 1.165) is 18.2 Å². The third-order valence-electron chi connectivity index (χ3n) is 7.94. The van der Waals surface area contributed by atoms with Gasteiger partial charge in [-0.3, -0.25) is 9.80 Å². The summed E-state index contributed by atoms with van der Waals surface area (Å²) in [6.07, 6.45) is -3.19. The molecule has 11 heteroatoms. The number of carboxylic acid groups (broad SMARTS) is 1. The second-order valence-electron chi connectivity index (χ2n) is 10.6. The first-order valence-corrected chi connectivity index (χ1v) is 13.2. The Balaban J connectivity index is 1.39. The molecule has 0 aromatic heterocycles. The Labute approximate surface area is 238 Å². The molecule has 220 valence electrons. The van der Waals surface area contributed by atoms with Crippen molar-refractivity contribution in [2.45, 2.75) is 38.1 Å². The molecule has 2 aliphatic heterocycles. The van der Waals surface area contributed by atoms with E-state index >= 15 is 0 Å². The molecule has 2 heterocycles. The molecule has 0 bridgehead atoms. The molecule has 2 fully saturated rings. The zero-order valence-electron chi connectivity index (χ0n) is 22.6. The van der Waals surface area contributed by atoms with Crippen LogP contribution in [0.2, 0.25) is 0 Å². The number of rotatable bonds is 6. The molecule has 1 N–H and O–H groups in total. The van der Waals surface area contributed by atoms with Crippen molar-refractivity contribution in [3.63, 3.8) is 0 Å². The molecule has 1 spiro atoms. The van der Waals surface area contributed by atoms with Gasteiger partial charge in [0.25, 0.3) is 0 Å². The van der Waals surface area contributed by atoms with E-state index in [1.165, 1.54) is 48.2 Å². The Morgan fingerprint density at radius 2 is 1.74 bits per heavy atom. The highest BCUT2D eigenvalue weighted by Gasteiger charge is 2.47. The Hall–Kier alpha value is -4.25. The van der Waals surface area contributed by atoms with Crippen LogP contribution in [0.25, 0.3) is 17.2 Å². The number of likely N-dealkylation sites (tertiary alicyclic amines) is 1. The largest absolute Gasteiger partial charge is 0.478 e. The average Bonchev–Trinajstić information content (AvgIpc) is 3.27. The summed E-state index contributed by atoms with van der Waals surface area (Å²) in [5.74, 6) is -3.30. The molecular weight excluding hydrogens is 559 g/mol. The van der Waals surface area contributed by atoms with Crippen LogP contribution in [0, 0.1) is 18.6 Å². The maximum absolute atomic E-state index is 14.6. The number of ether oxygens (including phenoxy) is 1. The molecule has 0 aliphatic carbocycles. The minimum Gasteiger partial charge on any atom is -0.478 e. The minimum absolute atomic E-state index is 0.0482. The molecular formula is C31H27F5N2O4. The van der Waals surface area contributed by atoms with E-state index < -0.39 is 41.0 Å². The van der Waals surface area contributed by atoms with Crippen molar-refractivity contribution in [1.82, 2.24) is 4.90 Å². The predicted molar refractivity (Wildman–Crippen MR) is 146 cm³/mol. The Kier molecular flexibility index (Phi) is 7.57.